The maximum absolute atomic E-state index is 12.1. The molecule has 18 heavy (non-hydrogen) atoms. The predicted molar refractivity (Wildman–Crippen MR) is 69.9 cm³/mol. The van der Waals surface area contributed by atoms with Gasteiger partial charge in [-0.1, -0.05) is 12.2 Å². The van der Waals surface area contributed by atoms with Crippen molar-refractivity contribution in [1.82, 2.24) is 0 Å². The number of ether oxygens (including phenoxy) is 3. The van der Waals surface area contributed by atoms with Crippen LogP contribution < -0.4 is 14.2 Å². The van der Waals surface area contributed by atoms with Crippen LogP contribution in [0, 0.1) is 0 Å². The summed E-state index contributed by atoms with van der Waals surface area (Å²) in [5, 5.41) is 0. The zero-order valence-electron chi connectivity index (χ0n) is 11.2. The van der Waals surface area contributed by atoms with E-state index < -0.39 is 0 Å². The number of benzene rings is 1. The summed E-state index contributed by atoms with van der Waals surface area (Å²) in [5.74, 6) is 1.29. The molecular formula is C14H18O4. The van der Waals surface area contributed by atoms with E-state index in [1.54, 1.807) is 12.1 Å². The Balaban J connectivity index is 3.28. The van der Waals surface area contributed by atoms with Crippen molar-refractivity contribution in [3.8, 4) is 17.2 Å². The van der Waals surface area contributed by atoms with Gasteiger partial charge in [-0.15, -0.1) is 0 Å². The van der Waals surface area contributed by atoms with E-state index in [4.69, 9.17) is 14.2 Å². The molecule has 0 saturated carbocycles. The van der Waals surface area contributed by atoms with Gasteiger partial charge in [-0.2, -0.15) is 0 Å². The van der Waals surface area contributed by atoms with E-state index in [9.17, 15) is 4.79 Å². The van der Waals surface area contributed by atoms with E-state index in [-0.39, 0.29) is 12.2 Å². The molecule has 0 amide bonds. The molecular weight excluding hydrogens is 232 g/mol. The molecule has 0 heterocycles. The Hall–Kier alpha value is -1.97. The first-order valence-corrected chi connectivity index (χ1v) is 5.51. The summed E-state index contributed by atoms with van der Waals surface area (Å²) in [6.07, 6.45) is 0.284. The topological polar surface area (TPSA) is 44.8 Å². The van der Waals surface area contributed by atoms with Gasteiger partial charge in [-0.05, 0) is 19.1 Å². The fraction of sp³-hybridized carbons (Fsp3) is 0.357. The summed E-state index contributed by atoms with van der Waals surface area (Å²) in [4.78, 5) is 12.1. The van der Waals surface area contributed by atoms with Crippen molar-refractivity contribution in [2.24, 2.45) is 0 Å². The van der Waals surface area contributed by atoms with Crippen molar-refractivity contribution < 1.29 is 19.0 Å². The summed E-state index contributed by atoms with van der Waals surface area (Å²) in [5.41, 5.74) is 1.27. The van der Waals surface area contributed by atoms with Gasteiger partial charge in [-0.25, -0.2) is 0 Å². The maximum Gasteiger partial charge on any atom is 0.204 e. The first-order valence-electron chi connectivity index (χ1n) is 5.51. The molecule has 0 aromatic heterocycles. The van der Waals surface area contributed by atoms with Crippen LogP contribution in [0.2, 0.25) is 0 Å². The Morgan fingerprint density at radius 2 is 1.72 bits per heavy atom. The van der Waals surface area contributed by atoms with Crippen LogP contribution in [0.5, 0.6) is 17.2 Å². The highest BCUT2D eigenvalue weighted by Crippen LogP contribution is 2.40. The molecule has 98 valence electrons. The Bertz CT molecular complexity index is 463. The summed E-state index contributed by atoms with van der Waals surface area (Å²) in [7, 11) is 4.54. The molecule has 4 heteroatoms. The lowest BCUT2D eigenvalue weighted by Crippen LogP contribution is -2.05. The summed E-state index contributed by atoms with van der Waals surface area (Å²) < 4.78 is 15.6. The molecule has 0 bridgehead atoms. The van der Waals surface area contributed by atoms with Gasteiger partial charge in [0.2, 0.25) is 5.75 Å². The van der Waals surface area contributed by atoms with Crippen LogP contribution >= 0.6 is 0 Å². The number of carbonyl (C=O) groups excluding carboxylic acids is 1. The largest absolute Gasteiger partial charge is 0.493 e. The smallest absolute Gasteiger partial charge is 0.204 e. The Morgan fingerprint density at radius 1 is 1.11 bits per heavy atom. The third kappa shape index (κ3) is 2.83. The van der Waals surface area contributed by atoms with Crippen molar-refractivity contribution in [1.29, 1.82) is 0 Å². The molecule has 0 fully saturated rings. The Morgan fingerprint density at radius 3 is 2.17 bits per heavy atom. The van der Waals surface area contributed by atoms with E-state index in [1.165, 1.54) is 21.3 Å². The molecule has 0 atom stereocenters. The zero-order valence-corrected chi connectivity index (χ0v) is 11.2. The minimum atomic E-state index is -0.0553. The molecule has 1 aromatic rings. The summed E-state index contributed by atoms with van der Waals surface area (Å²) in [6, 6.07) is 3.36. The number of rotatable bonds is 6. The molecule has 0 spiro atoms. The van der Waals surface area contributed by atoms with E-state index in [2.05, 4.69) is 6.58 Å². The van der Waals surface area contributed by atoms with Crippen LogP contribution in [0.15, 0.2) is 24.3 Å². The summed E-state index contributed by atoms with van der Waals surface area (Å²) >= 11 is 0. The minimum Gasteiger partial charge on any atom is -0.493 e. The third-order valence-corrected chi connectivity index (χ3v) is 2.47. The number of hydrogen-bond donors (Lipinski definition) is 0. The first-order chi connectivity index (χ1) is 8.54. The number of allylic oxidation sites excluding steroid dienone is 1. The Kier molecular flexibility index (Phi) is 4.77. The monoisotopic (exact) mass is 250 g/mol. The second-order valence-electron chi connectivity index (χ2n) is 3.94. The number of hydrogen-bond acceptors (Lipinski definition) is 4. The normalized spacial score (nSPS) is 9.78. The van der Waals surface area contributed by atoms with Crippen LogP contribution in [-0.2, 0) is 0 Å². The quantitative estimate of drug-likeness (QED) is 0.575. The van der Waals surface area contributed by atoms with Gasteiger partial charge in [0.05, 0.1) is 26.9 Å². The van der Waals surface area contributed by atoms with Crippen LogP contribution in [0.4, 0.5) is 0 Å². The molecule has 0 saturated heterocycles. The van der Waals surface area contributed by atoms with Gasteiger partial charge in [0, 0.05) is 6.42 Å². The molecule has 0 aliphatic heterocycles. The van der Waals surface area contributed by atoms with Crippen LogP contribution in [0.1, 0.15) is 23.7 Å². The third-order valence-electron chi connectivity index (χ3n) is 2.47. The minimum absolute atomic E-state index is 0.0553. The van der Waals surface area contributed by atoms with Crippen LogP contribution in [0.3, 0.4) is 0 Å². The SMILES string of the molecule is C=C(C)CC(=O)c1ccc(OC)c(OC)c1OC. The lowest BCUT2D eigenvalue weighted by Gasteiger charge is -2.15. The number of carbonyl (C=O) groups is 1. The fourth-order valence-electron chi connectivity index (χ4n) is 1.69. The maximum atomic E-state index is 12.1. The lowest BCUT2D eigenvalue weighted by atomic mass is 10.0. The number of methoxy groups -OCH3 is 3. The van der Waals surface area contributed by atoms with Gasteiger partial charge in [0.1, 0.15) is 0 Å². The Labute approximate surface area is 107 Å². The van der Waals surface area contributed by atoms with Crippen molar-refractivity contribution in [2.75, 3.05) is 21.3 Å². The molecule has 4 nitrogen and oxygen atoms in total. The van der Waals surface area contributed by atoms with Crippen LogP contribution in [0.25, 0.3) is 0 Å². The van der Waals surface area contributed by atoms with Crippen LogP contribution in [-0.4, -0.2) is 27.1 Å². The second kappa shape index (κ2) is 6.10. The van der Waals surface area contributed by atoms with Gasteiger partial charge in [-0.3, -0.25) is 4.79 Å². The van der Waals surface area contributed by atoms with Gasteiger partial charge in [0.25, 0.3) is 0 Å². The van der Waals surface area contributed by atoms with Gasteiger partial charge >= 0.3 is 0 Å². The van der Waals surface area contributed by atoms with E-state index >= 15 is 0 Å². The number of ketones is 1. The molecule has 0 radical (unpaired) electrons. The molecule has 0 unspecified atom stereocenters. The zero-order chi connectivity index (χ0) is 13.7. The average molecular weight is 250 g/mol. The molecule has 1 rings (SSSR count). The predicted octanol–water partition coefficient (Wildman–Crippen LogP) is 2.86. The highest BCUT2D eigenvalue weighted by atomic mass is 16.5. The van der Waals surface area contributed by atoms with Gasteiger partial charge < -0.3 is 14.2 Å². The fourth-order valence-corrected chi connectivity index (χ4v) is 1.69. The van der Waals surface area contributed by atoms with Crippen molar-refractivity contribution >= 4 is 5.78 Å². The average Bonchev–Trinajstić information content (AvgIpc) is 2.35. The molecule has 1 aromatic carbocycles. The van der Waals surface area contributed by atoms with Gasteiger partial charge in [0.15, 0.2) is 17.3 Å². The van der Waals surface area contributed by atoms with E-state index in [0.29, 0.717) is 22.8 Å². The molecule has 0 aliphatic rings. The van der Waals surface area contributed by atoms with E-state index in [1.807, 2.05) is 6.92 Å². The lowest BCUT2D eigenvalue weighted by molar-refractivity contribution is 0.0989. The molecule has 0 N–H and O–H groups in total. The highest BCUT2D eigenvalue weighted by molar-refractivity contribution is 6.01. The highest BCUT2D eigenvalue weighted by Gasteiger charge is 2.20. The second-order valence-corrected chi connectivity index (χ2v) is 3.94. The summed E-state index contributed by atoms with van der Waals surface area (Å²) in [6.45, 7) is 5.55. The van der Waals surface area contributed by atoms with Crippen molar-refractivity contribution in [2.45, 2.75) is 13.3 Å². The number of Topliss-reactive ketones (excluding diaryl/α,β-unsaturated/α-hetero) is 1. The standard InChI is InChI=1S/C14H18O4/c1-9(2)8-11(15)10-6-7-12(16-3)14(18-5)13(10)17-4/h6-7H,1,8H2,2-5H3. The molecule has 0 aliphatic carbocycles. The van der Waals surface area contributed by atoms with Crippen molar-refractivity contribution in [3.63, 3.8) is 0 Å². The van der Waals surface area contributed by atoms with E-state index in [0.717, 1.165) is 5.57 Å². The van der Waals surface area contributed by atoms with Crippen molar-refractivity contribution in [3.05, 3.63) is 29.8 Å². The first kappa shape index (κ1) is 14.1.